The number of carbonyl (C=O) groups is 1. The maximum Gasteiger partial charge on any atom is 0.255 e. The van der Waals surface area contributed by atoms with Crippen LogP contribution in [0.4, 0.5) is 0 Å². The molecule has 0 atom stereocenters. The number of benzene rings is 2. The van der Waals surface area contributed by atoms with Crippen LogP contribution in [0, 0.1) is 3.57 Å². The number of ether oxygens (including phenoxy) is 2. The molecule has 2 aromatic carbocycles. The van der Waals surface area contributed by atoms with Crippen molar-refractivity contribution >= 4 is 28.5 Å². The van der Waals surface area contributed by atoms with Gasteiger partial charge < -0.3 is 14.4 Å². The maximum atomic E-state index is 13.0. The minimum absolute atomic E-state index is 0.0665. The zero-order chi connectivity index (χ0) is 17.8. The SMILES string of the molecule is COc1cc(I)c(C(=O)N2CCC(c3ccccc3)CC2)cc1OC. The molecule has 1 saturated heterocycles. The van der Waals surface area contributed by atoms with Gasteiger partial charge in [-0.25, -0.2) is 0 Å². The Hall–Kier alpha value is -1.76. The lowest BCUT2D eigenvalue weighted by atomic mass is 9.89. The van der Waals surface area contributed by atoms with Crippen molar-refractivity contribution in [1.29, 1.82) is 0 Å². The van der Waals surface area contributed by atoms with Crippen molar-refractivity contribution in [1.82, 2.24) is 4.90 Å². The summed E-state index contributed by atoms with van der Waals surface area (Å²) in [6, 6.07) is 14.2. The van der Waals surface area contributed by atoms with E-state index in [1.54, 1.807) is 20.3 Å². The van der Waals surface area contributed by atoms with Gasteiger partial charge in [-0.05, 0) is 59.0 Å². The molecule has 1 aliphatic heterocycles. The maximum absolute atomic E-state index is 13.0. The third-order valence-corrected chi connectivity index (χ3v) is 5.65. The second-order valence-electron chi connectivity index (χ2n) is 6.16. The minimum Gasteiger partial charge on any atom is -0.493 e. The molecule has 0 saturated carbocycles. The second kappa shape index (κ2) is 8.08. The summed E-state index contributed by atoms with van der Waals surface area (Å²) in [5.74, 6) is 1.84. The van der Waals surface area contributed by atoms with E-state index >= 15 is 0 Å². The number of likely N-dealkylation sites (tertiary alicyclic amines) is 1. The van der Waals surface area contributed by atoms with Crippen molar-refractivity contribution in [2.24, 2.45) is 0 Å². The van der Waals surface area contributed by atoms with E-state index in [0.717, 1.165) is 29.5 Å². The third kappa shape index (κ3) is 3.92. The fourth-order valence-electron chi connectivity index (χ4n) is 3.33. The highest BCUT2D eigenvalue weighted by Gasteiger charge is 2.26. The van der Waals surface area contributed by atoms with Crippen molar-refractivity contribution in [3.63, 3.8) is 0 Å². The van der Waals surface area contributed by atoms with Gasteiger partial charge in [-0.1, -0.05) is 30.3 Å². The Balaban J connectivity index is 1.73. The van der Waals surface area contributed by atoms with Crippen LogP contribution in [0.1, 0.15) is 34.7 Å². The molecule has 0 aliphatic carbocycles. The van der Waals surface area contributed by atoms with E-state index in [-0.39, 0.29) is 5.91 Å². The monoisotopic (exact) mass is 451 g/mol. The largest absolute Gasteiger partial charge is 0.493 e. The third-order valence-electron chi connectivity index (χ3n) is 4.76. The summed E-state index contributed by atoms with van der Waals surface area (Å²) >= 11 is 2.18. The summed E-state index contributed by atoms with van der Waals surface area (Å²) in [7, 11) is 3.19. The van der Waals surface area contributed by atoms with Crippen LogP contribution in [-0.4, -0.2) is 38.1 Å². The lowest BCUT2D eigenvalue weighted by molar-refractivity contribution is 0.0711. The summed E-state index contributed by atoms with van der Waals surface area (Å²) in [6.45, 7) is 1.56. The molecule has 2 aromatic rings. The van der Waals surface area contributed by atoms with Crippen molar-refractivity contribution in [3.05, 3.63) is 57.2 Å². The summed E-state index contributed by atoms with van der Waals surface area (Å²) in [5, 5.41) is 0. The van der Waals surface area contributed by atoms with E-state index in [2.05, 4.69) is 46.9 Å². The molecule has 4 nitrogen and oxygen atoms in total. The second-order valence-corrected chi connectivity index (χ2v) is 7.33. The molecule has 0 bridgehead atoms. The number of amides is 1. The summed E-state index contributed by atoms with van der Waals surface area (Å²) in [4.78, 5) is 14.9. The van der Waals surface area contributed by atoms with E-state index in [1.807, 2.05) is 17.0 Å². The van der Waals surface area contributed by atoms with Crippen LogP contribution in [0.2, 0.25) is 0 Å². The summed E-state index contributed by atoms with van der Waals surface area (Å²) in [5.41, 5.74) is 2.05. The molecular formula is C20H22INO3. The van der Waals surface area contributed by atoms with Gasteiger partial charge in [0.15, 0.2) is 11.5 Å². The van der Waals surface area contributed by atoms with Crippen molar-refractivity contribution < 1.29 is 14.3 Å². The van der Waals surface area contributed by atoms with Crippen LogP contribution in [-0.2, 0) is 0 Å². The fraction of sp³-hybridized carbons (Fsp3) is 0.350. The fourth-order valence-corrected chi connectivity index (χ4v) is 4.00. The number of nitrogens with zero attached hydrogens (tertiary/aromatic N) is 1. The summed E-state index contributed by atoms with van der Waals surface area (Å²) in [6.07, 6.45) is 2.00. The van der Waals surface area contributed by atoms with Crippen LogP contribution in [0.3, 0.4) is 0 Å². The van der Waals surface area contributed by atoms with Gasteiger partial charge in [0.05, 0.1) is 19.8 Å². The Kier molecular flexibility index (Phi) is 5.83. The number of carbonyl (C=O) groups excluding carboxylic acids is 1. The van der Waals surface area contributed by atoms with Crippen LogP contribution in [0.15, 0.2) is 42.5 Å². The molecule has 1 amide bonds. The van der Waals surface area contributed by atoms with Gasteiger partial charge >= 0.3 is 0 Å². The predicted octanol–water partition coefficient (Wildman–Crippen LogP) is 4.33. The Morgan fingerprint density at radius 2 is 1.64 bits per heavy atom. The predicted molar refractivity (Wildman–Crippen MR) is 107 cm³/mol. The van der Waals surface area contributed by atoms with E-state index in [0.29, 0.717) is 23.0 Å². The Bertz CT molecular complexity index is 740. The molecule has 25 heavy (non-hydrogen) atoms. The average molecular weight is 451 g/mol. The molecule has 1 heterocycles. The molecule has 5 heteroatoms. The lowest BCUT2D eigenvalue weighted by Gasteiger charge is -2.32. The molecule has 132 valence electrons. The zero-order valence-electron chi connectivity index (χ0n) is 14.5. The lowest BCUT2D eigenvalue weighted by Crippen LogP contribution is -2.38. The average Bonchev–Trinajstić information content (AvgIpc) is 2.68. The number of halogens is 1. The van der Waals surface area contributed by atoms with Gasteiger partial charge in [0.2, 0.25) is 0 Å². The molecule has 0 radical (unpaired) electrons. The van der Waals surface area contributed by atoms with Gasteiger partial charge in [0.25, 0.3) is 5.91 Å². The van der Waals surface area contributed by atoms with E-state index in [4.69, 9.17) is 9.47 Å². The van der Waals surface area contributed by atoms with E-state index < -0.39 is 0 Å². The van der Waals surface area contributed by atoms with Crippen molar-refractivity contribution in [3.8, 4) is 11.5 Å². The number of hydrogen-bond donors (Lipinski definition) is 0. The first-order valence-corrected chi connectivity index (χ1v) is 9.47. The molecule has 0 spiro atoms. The smallest absolute Gasteiger partial charge is 0.255 e. The molecule has 0 N–H and O–H groups in total. The summed E-state index contributed by atoms with van der Waals surface area (Å²) < 4.78 is 11.5. The normalized spacial score (nSPS) is 15.1. The van der Waals surface area contributed by atoms with Crippen LogP contribution >= 0.6 is 22.6 Å². The van der Waals surface area contributed by atoms with E-state index in [1.165, 1.54) is 5.56 Å². The first kappa shape index (κ1) is 18.0. The van der Waals surface area contributed by atoms with Crippen LogP contribution in [0.5, 0.6) is 11.5 Å². The van der Waals surface area contributed by atoms with Crippen LogP contribution < -0.4 is 9.47 Å². The minimum atomic E-state index is 0.0665. The highest BCUT2D eigenvalue weighted by atomic mass is 127. The Labute approximate surface area is 162 Å². The number of piperidine rings is 1. The van der Waals surface area contributed by atoms with E-state index in [9.17, 15) is 4.79 Å². The number of methoxy groups -OCH3 is 2. The standard InChI is InChI=1S/C20H22INO3/c1-24-18-12-16(17(21)13-19(18)25-2)20(23)22-10-8-15(9-11-22)14-6-4-3-5-7-14/h3-7,12-13,15H,8-11H2,1-2H3. The Morgan fingerprint density at radius 3 is 2.24 bits per heavy atom. The molecule has 0 aromatic heterocycles. The molecule has 1 fully saturated rings. The van der Waals surface area contributed by atoms with Gasteiger partial charge in [-0.15, -0.1) is 0 Å². The van der Waals surface area contributed by atoms with Crippen LogP contribution in [0.25, 0.3) is 0 Å². The highest BCUT2D eigenvalue weighted by Crippen LogP contribution is 2.33. The van der Waals surface area contributed by atoms with Gasteiger partial charge in [0.1, 0.15) is 0 Å². The zero-order valence-corrected chi connectivity index (χ0v) is 16.7. The number of hydrogen-bond acceptors (Lipinski definition) is 3. The molecular weight excluding hydrogens is 429 g/mol. The van der Waals surface area contributed by atoms with Gasteiger partial charge in [-0.3, -0.25) is 4.79 Å². The topological polar surface area (TPSA) is 38.8 Å². The van der Waals surface area contributed by atoms with Crippen molar-refractivity contribution in [2.45, 2.75) is 18.8 Å². The molecule has 0 unspecified atom stereocenters. The van der Waals surface area contributed by atoms with Crippen molar-refractivity contribution in [2.75, 3.05) is 27.3 Å². The molecule has 1 aliphatic rings. The highest BCUT2D eigenvalue weighted by molar-refractivity contribution is 14.1. The molecule has 3 rings (SSSR count). The number of rotatable bonds is 4. The first-order valence-electron chi connectivity index (χ1n) is 8.39. The first-order chi connectivity index (χ1) is 12.1. The quantitative estimate of drug-likeness (QED) is 0.650. The Morgan fingerprint density at radius 1 is 1.04 bits per heavy atom. The van der Waals surface area contributed by atoms with Gasteiger partial charge in [-0.2, -0.15) is 0 Å². The van der Waals surface area contributed by atoms with Gasteiger partial charge in [0, 0.05) is 16.7 Å².